The van der Waals surface area contributed by atoms with Gasteiger partial charge >= 0.3 is 0 Å². The molecule has 4 N–H and O–H groups in total. The summed E-state index contributed by atoms with van der Waals surface area (Å²) in [6.45, 7) is 10.8. The summed E-state index contributed by atoms with van der Waals surface area (Å²) < 4.78 is 20.0. The van der Waals surface area contributed by atoms with Crippen molar-refractivity contribution in [3.63, 3.8) is 0 Å². The third-order valence-corrected chi connectivity index (χ3v) is 17.1. The van der Waals surface area contributed by atoms with Crippen molar-refractivity contribution < 1.29 is 28.3 Å². The number of ether oxygens (including phenoxy) is 1. The molecule has 3 saturated heterocycles. The number of aromatic nitrogens is 3. The molecular weight excluding hydrogens is 939 g/mol. The van der Waals surface area contributed by atoms with Crippen LogP contribution in [0.1, 0.15) is 93.3 Å². The highest BCUT2D eigenvalue weighted by Gasteiger charge is 2.54. The van der Waals surface area contributed by atoms with Crippen LogP contribution in [0.3, 0.4) is 0 Å². The molecule has 0 bridgehead atoms. The van der Waals surface area contributed by atoms with Gasteiger partial charge in [-0.15, -0.1) is 11.3 Å². The normalized spacial score (nSPS) is 19.2. The lowest BCUT2D eigenvalue weighted by molar-refractivity contribution is -0.143. The molecule has 2 aromatic heterocycles. The molecule has 1 unspecified atom stereocenters. The number of methoxy groups -OCH3 is 1. The first-order valence-corrected chi connectivity index (χ1v) is 26.2. The fourth-order valence-corrected chi connectivity index (χ4v) is 11.9. The maximum Gasteiger partial charge on any atom is 0.258 e. The summed E-state index contributed by atoms with van der Waals surface area (Å²) in [4.78, 5) is 75.1. The number of thioether (sulfide) groups is 1. The maximum absolute atomic E-state index is 15.1. The Hall–Kier alpha value is -5.04. The number of nitrogens with zero attached hydrogens (tertiary/aromatic N) is 6. The molecule has 370 valence electrons. The average Bonchev–Trinajstić information content (AvgIpc) is 3.68. The number of benzene rings is 2. The summed E-state index contributed by atoms with van der Waals surface area (Å²) in [6, 6.07) is 11.7. The summed E-state index contributed by atoms with van der Waals surface area (Å²) >= 11 is 9.34. The second-order valence-corrected chi connectivity index (χ2v) is 22.4. The molecule has 15 nitrogen and oxygen atoms in total. The second kappa shape index (κ2) is 21.5. The Morgan fingerprint density at radius 1 is 1.00 bits per heavy atom. The van der Waals surface area contributed by atoms with E-state index in [4.69, 9.17) is 16.3 Å². The summed E-state index contributed by atoms with van der Waals surface area (Å²) in [5.74, 6) is 0.731. The number of hydrogen-bond donors (Lipinski definition) is 4. The van der Waals surface area contributed by atoms with Gasteiger partial charge in [-0.3, -0.25) is 19.2 Å². The number of alkyl halides is 1. The lowest BCUT2D eigenvalue weighted by atomic mass is 9.71. The van der Waals surface area contributed by atoms with Crippen LogP contribution in [-0.2, 0) is 20.9 Å². The van der Waals surface area contributed by atoms with Crippen molar-refractivity contribution in [1.82, 2.24) is 40.3 Å². The van der Waals surface area contributed by atoms with Gasteiger partial charge in [0.2, 0.25) is 17.8 Å². The predicted molar refractivity (Wildman–Crippen MR) is 271 cm³/mol. The monoisotopic (exact) mass is 1000 g/mol. The highest BCUT2D eigenvalue weighted by molar-refractivity contribution is 8.00. The van der Waals surface area contributed by atoms with Gasteiger partial charge in [0, 0.05) is 43.5 Å². The van der Waals surface area contributed by atoms with Crippen LogP contribution in [0.2, 0.25) is 5.02 Å². The molecule has 4 amide bonds. The molecule has 4 aliphatic rings. The van der Waals surface area contributed by atoms with Crippen molar-refractivity contribution in [2.24, 2.45) is 5.41 Å². The molecule has 2 atom stereocenters. The van der Waals surface area contributed by atoms with Gasteiger partial charge in [-0.2, -0.15) is 16.7 Å². The van der Waals surface area contributed by atoms with E-state index in [1.807, 2.05) is 55.4 Å². The molecule has 4 fully saturated rings. The van der Waals surface area contributed by atoms with E-state index < -0.39 is 28.4 Å². The first-order chi connectivity index (χ1) is 33.1. The largest absolute Gasteiger partial charge is 0.495 e. The zero-order valence-corrected chi connectivity index (χ0v) is 42.6. The van der Waals surface area contributed by atoms with E-state index >= 15 is 4.39 Å². The molecule has 8 rings (SSSR count). The Morgan fingerprint density at radius 2 is 1.72 bits per heavy atom. The van der Waals surface area contributed by atoms with E-state index in [2.05, 4.69) is 41.1 Å². The number of piperidine rings is 2. The van der Waals surface area contributed by atoms with Gasteiger partial charge in [0.1, 0.15) is 28.7 Å². The van der Waals surface area contributed by atoms with Gasteiger partial charge in [0.25, 0.3) is 11.8 Å². The molecule has 4 aromatic rings. The maximum atomic E-state index is 15.1. The van der Waals surface area contributed by atoms with Crippen LogP contribution >= 0.6 is 34.7 Å². The number of aryl methyl sites for hydroxylation is 1. The van der Waals surface area contributed by atoms with Crippen LogP contribution in [0.5, 0.6) is 5.75 Å². The van der Waals surface area contributed by atoms with Crippen molar-refractivity contribution in [3.8, 4) is 16.2 Å². The number of halogens is 2. The topological polar surface area (TPSA) is 174 Å². The Bertz CT molecular complexity index is 2490. The number of nitrogens with one attached hydrogen (secondary N) is 4. The van der Waals surface area contributed by atoms with Crippen LogP contribution in [0, 0.1) is 12.3 Å². The highest BCUT2D eigenvalue weighted by Crippen LogP contribution is 2.43. The van der Waals surface area contributed by atoms with E-state index in [0.29, 0.717) is 72.8 Å². The summed E-state index contributed by atoms with van der Waals surface area (Å²) in [5.41, 5.74) is 4.27. The first-order valence-electron chi connectivity index (χ1n) is 24.0. The Balaban J connectivity index is 0.796. The number of thiazole rings is 1. The van der Waals surface area contributed by atoms with E-state index in [9.17, 15) is 19.2 Å². The van der Waals surface area contributed by atoms with Crippen molar-refractivity contribution in [3.05, 3.63) is 76.0 Å². The summed E-state index contributed by atoms with van der Waals surface area (Å²) in [7, 11) is 3.29. The summed E-state index contributed by atoms with van der Waals surface area (Å²) in [6.07, 6.45) is 7.91. The van der Waals surface area contributed by atoms with Crippen LogP contribution < -0.4 is 26.0 Å². The molecule has 3 aliphatic heterocycles. The van der Waals surface area contributed by atoms with E-state index in [1.54, 1.807) is 60.4 Å². The lowest BCUT2D eigenvalue weighted by Gasteiger charge is -2.47. The zero-order chi connectivity index (χ0) is 48.9. The molecule has 0 radical (unpaired) electrons. The number of hydrogen-bond acceptors (Lipinski definition) is 13. The first kappa shape index (κ1) is 50.4. The second-order valence-electron chi connectivity index (χ2n) is 19.4. The van der Waals surface area contributed by atoms with Crippen molar-refractivity contribution in [2.75, 3.05) is 69.8 Å². The number of anilines is 3. The fourth-order valence-electron chi connectivity index (χ4n) is 9.73. The molecule has 1 saturated carbocycles. The van der Waals surface area contributed by atoms with Gasteiger partial charge in [-0.05, 0) is 139 Å². The molecule has 19 heteroatoms. The molecular formula is C50H64ClFN10O5S2. The van der Waals surface area contributed by atoms with Gasteiger partial charge in [-0.1, -0.05) is 35.9 Å². The number of amides is 4. The van der Waals surface area contributed by atoms with Gasteiger partial charge in [0.15, 0.2) is 5.67 Å². The molecule has 1 aliphatic carbocycles. The van der Waals surface area contributed by atoms with Crippen molar-refractivity contribution >= 4 is 75.8 Å². The highest BCUT2D eigenvalue weighted by atomic mass is 35.5. The smallest absolute Gasteiger partial charge is 0.258 e. The molecule has 2 aromatic carbocycles. The Labute approximate surface area is 417 Å². The Kier molecular flexibility index (Phi) is 15.7. The summed E-state index contributed by atoms with van der Waals surface area (Å²) in [5, 5.41) is 12.4. The van der Waals surface area contributed by atoms with E-state index in [-0.39, 0.29) is 36.0 Å². The van der Waals surface area contributed by atoms with Crippen LogP contribution in [0.15, 0.2) is 54.2 Å². The zero-order valence-electron chi connectivity index (χ0n) is 40.2. The minimum absolute atomic E-state index is 0.0185. The van der Waals surface area contributed by atoms with E-state index in [1.165, 1.54) is 6.20 Å². The lowest BCUT2D eigenvalue weighted by Crippen LogP contribution is -2.61. The van der Waals surface area contributed by atoms with Crippen molar-refractivity contribution in [1.29, 1.82) is 0 Å². The standard InChI is InChI=1S/C50H64ClFN10O5S2/c1-32-40(68-31-56-32)34-11-9-33(10-12-34)29-54-43(63)38-8-6-22-62(38)45(65)41(58-46(66)50(52)15-16-50)48(2,3)69-27-7-21-60-23-17-49(18-24-60)19-25-61(26-20-49)44(64)35-13-14-37(39(28-35)67-5)57-47-55-30-36(51)42(53-4)59-47/h9-14,28,30-31,38,41H,6-8,15-27,29H2,1-5H3,(H,54,63)(H,58,66)(H2,53,55,57,59)/t38?,41-/m1/s1. The Morgan fingerprint density at radius 3 is 2.39 bits per heavy atom. The van der Waals surface area contributed by atoms with Crippen LogP contribution in [-0.4, -0.2) is 135 Å². The quantitative estimate of drug-likeness (QED) is 0.0712. The number of carbonyl (C=O) groups excluding carboxylic acids is 4. The predicted octanol–water partition coefficient (Wildman–Crippen LogP) is 7.87. The van der Waals surface area contributed by atoms with Crippen molar-refractivity contribution in [2.45, 2.75) is 108 Å². The SMILES string of the molecule is CNc1nc(Nc2ccc(C(=O)N3CCC4(CCN(CCCSC(C)(C)[C@H](NC(=O)C5(F)CC5)C(=O)N5CCCC5C(=O)NCc5ccc(-c6scnc6C)cc5)CC4)CC3)cc2OC)ncc1Cl. The number of rotatable bonds is 18. The van der Waals surface area contributed by atoms with E-state index in [0.717, 1.165) is 79.2 Å². The molecule has 69 heavy (non-hydrogen) atoms. The number of carbonyl (C=O) groups is 4. The van der Waals surface area contributed by atoms with Crippen LogP contribution in [0.4, 0.5) is 21.8 Å². The fraction of sp³-hybridized carbons (Fsp3) is 0.540. The molecule has 5 heterocycles. The van der Waals surface area contributed by atoms with Gasteiger partial charge in [-0.25, -0.2) is 14.4 Å². The van der Waals surface area contributed by atoms with Crippen LogP contribution in [0.25, 0.3) is 10.4 Å². The minimum Gasteiger partial charge on any atom is -0.495 e. The van der Waals surface area contributed by atoms with Gasteiger partial charge in [0.05, 0.1) is 35.1 Å². The van der Waals surface area contributed by atoms with Gasteiger partial charge < -0.3 is 40.7 Å². The third-order valence-electron chi connectivity index (χ3n) is 14.4. The average molecular weight is 1000 g/mol. The minimum atomic E-state index is -1.95. The number of likely N-dealkylation sites (tertiary alicyclic amines) is 3. The molecule has 1 spiro atoms. The third kappa shape index (κ3) is 11.8.